The van der Waals surface area contributed by atoms with Gasteiger partial charge in [0.1, 0.15) is 12.4 Å². The summed E-state index contributed by atoms with van der Waals surface area (Å²) in [6, 6.07) is 15.8. The molecule has 102 valence electrons. The van der Waals surface area contributed by atoms with E-state index < -0.39 is 0 Å². The third kappa shape index (κ3) is 4.41. The number of benzene rings is 2. The van der Waals surface area contributed by atoms with E-state index in [1.54, 1.807) is 0 Å². The average Bonchev–Trinajstić information content (AvgIpc) is 2.47. The van der Waals surface area contributed by atoms with Gasteiger partial charge in [-0.3, -0.25) is 0 Å². The van der Waals surface area contributed by atoms with Crippen LogP contribution in [0, 0.1) is 11.8 Å². The molecule has 20 heavy (non-hydrogen) atoms. The molecule has 0 bridgehead atoms. The van der Waals surface area contributed by atoms with E-state index in [4.69, 9.17) is 10.5 Å². The monoisotopic (exact) mass is 329 g/mol. The van der Waals surface area contributed by atoms with Crippen LogP contribution >= 0.6 is 15.9 Å². The highest BCUT2D eigenvalue weighted by Gasteiger charge is 2.03. The fourth-order valence-electron chi connectivity index (χ4n) is 1.81. The van der Waals surface area contributed by atoms with Crippen LogP contribution in [0.2, 0.25) is 0 Å². The summed E-state index contributed by atoms with van der Waals surface area (Å²) in [7, 11) is 0. The fourth-order valence-corrected chi connectivity index (χ4v) is 2.22. The Hall–Kier alpha value is -1.76. The van der Waals surface area contributed by atoms with Crippen molar-refractivity contribution in [2.45, 2.75) is 6.42 Å². The van der Waals surface area contributed by atoms with Gasteiger partial charge in [-0.25, -0.2) is 0 Å². The first kappa shape index (κ1) is 14.6. The summed E-state index contributed by atoms with van der Waals surface area (Å²) in [5.41, 5.74) is 7.71. The zero-order valence-electron chi connectivity index (χ0n) is 11.1. The summed E-state index contributed by atoms with van der Waals surface area (Å²) in [6.07, 6.45) is 0.793. The van der Waals surface area contributed by atoms with Gasteiger partial charge in [0.05, 0.1) is 0 Å². The van der Waals surface area contributed by atoms with Crippen LogP contribution in [0.4, 0.5) is 0 Å². The molecule has 2 N–H and O–H groups in total. The smallest absolute Gasteiger partial charge is 0.149 e. The molecule has 0 amide bonds. The van der Waals surface area contributed by atoms with Crippen molar-refractivity contribution in [3.8, 4) is 17.6 Å². The highest BCUT2D eigenvalue weighted by atomic mass is 79.9. The molecule has 0 aliphatic rings. The first-order valence-corrected chi connectivity index (χ1v) is 7.24. The zero-order chi connectivity index (χ0) is 14.2. The van der Waals surface area contributed by atoms with Gasteiger partial charge in [-0.05, 0) is 48.9 Å². The lowest BCUT2D eigenvalue weighted by atomic mass is 10.1. The average molecular weight is 330 g/mol. The Bertz CT molecular complexity index is 614. The predicted molar refractivity (Wildman–Crippen MR) is 85.7 cm³/mol. The van der Waals surface area contributed by atoms with Crippen LogP contribution in [0.5, 0.6) is 5.75 Å². The van der Waals surface area contributed by atoms with Crippen molar-refractivity contribution in [1.82, 2.24) is 0 Å². The third-order valence-electron chi connectivity index (χ3n) is 2.74. The van der Waals surface area contributed by atoms with Crippen molar-refractivity contribution in [3.05, 3.63) is 64.1 Å². The first-order chi connectivity index (χ1) is 9.79. The number of hydrogen-bond acceptors (Lipinski definition) is 2. The Morgan fingerprint density at radius 2 is 1.90 bits per heavy atom. The SMILES string of the molecule is NCCc1cc(Br)ccc1OCC#Cc1ccccc1. The van der Waals surface area contributed by atoms with Crippen LogP contribution in [-0.4, -0.2) is 13.2 Å². The molecule has 2 aromatic carbocycles. The van der Waals surface area contributed by atoms with Gasteiger partial charge in [0.25, 0.3) is 0 Å². The summed E-state index contributed by atoms with van der Waals surface area (Å²) < 4.78 is 6.75. The highest BCUT2D eigenvalue weighted by molar-refractivity contribution is 9.10. The van der Waals surface area contributed by atoms with Crippen LogP contribution in [0.25, 0.3) is 0 Å². The maximum absolute atomic E-state index is 5.72. The van der Waals surface area contributed by atoms with Crippen molar-refractivity contribution in [2.75, 3.05) is 13.2 Å². The molecule has 2 rings (SSSR count). The van der Waals surface area contributed by atoms with Crippen molar-refractivity contribution in [3.63, 3.8) is 0 Å². The molecule has 0 aromatic heterocycles. The van der Waals surface area contributed by atoms with E-state index in [2.05, 4.69) is 27.8 Å². The van der Waals surface area contributed by atoms with E-state index in [-0.39, 0.29) is 0 Å². The number of hydrogen-bond donors (Lipinski definition) is 1. The van der Waals surface area contributed by atoms with E-state index in [0.717, 1.165) is 27.8 Å². The minimum absolute atomic E-state index is 0.369. The zero-order valence-corrected chi connectivity index (χ0v) is 12.7. The highest BCUT2D eigenvalue weighted by Crippen LogP contribution is 2.23. The molecule has 0 unspecified atom stereocenters. The number of nitrogens with two attached hydrogens (primary N) is 1. The van der Waals surface area contributed by atoms with Crippen molar-refractivity contribution < 1.29 is 4.74 Å². The Morgan fingerprint density at radius 3 is 2.65 bits per heavy atom. The molecule has 0 aliphatic heterocycles. The van der Waals surface area contributed by atoms with Gasteiger partial charge < -0.3 is 10.5 Å². The maximum Gasteiger partial charge on any atom is 0.149 e. The summed E-state index contributed by atoms with van der Waals surface area (Å²) in [4.78, 5) is 0. The summed E-state index contributed by atoms with van der Waals surface area (Å²) in [5.74, 6) is 6.94. The van der Waals surface area contributed by atoms with Crippen LogP contribution in [0.1, 0.15) is 11.1 Å². The second-order valence-electron chi connectivity index (χ2n) is 4.25. The minimum Gasteiger partial charge on any atom is -0.481 e. The van der Waals surface area contributed by atoms with Crippen LogP contribution < -0.4 is 10.5 Å². The lowest BCUT2D eigenvalue weighted by Crippen LogP contribution is -2.05. The van der Waals surface area contributed by atoms with E-state index >= 15 is 0 Å². The third-order valence-corrected chi connectivity index (χ3v) is 3.24. The Labute approximate surface area is 128 Å². The van der Waals surface area contributed by atoms with E-state index in [1.807, 2.05) is 48.5 Å². The summed E-state index contributed by atoms with van der Waals surface area (Å²) in [6.45, 7) is 0.969. The van der Waals surface area contributed by atoms with Gasteiger partial charge in [-0.15, -0.1) is 0 Å². The van der Waals surface area contributed by atoms with Crippen LogP contribution in [-0.2, 0) is 6.42 Å². The molecular formula is C17H16BrNO. The molecule has 0 aliphatic carbocycles. The number of halogens is 1. The standard InChI is InChI=1S/C17H16BrNO/c18-16-8-9-17(15(13-16)10-11-19)20-12-4-7-14-5-2-1-3-6-14/h1-3,5-6,8-9,13H,10-12,19H2. The minimum atomic E-state index is 0.369. The molecular weight excluding hydrogens is 314 g/mol. The van der Waals surface area contributed by atoms with Gasteiger partial charge in [-0.1, -0.05) is 46.0 Å². The van der Waals surface area contributed by atoms with Gasteiger partial charge in [0.2, 0.25) is 0 Å². The van der Waals surface area contributed by atoms with Gasteiger partial charge in [0.15, 0.2) is 0 Å². The summed E-state index contributed by atoms with van der Waals surface area (Å²) >= 11 is 3.45. The molecule has 3 heteroatoms. The number of rotatable bonds is 4. The molecule has 0 heterocycles. The lowest BCUT2D eigenvalue weighted by Gasteiger charge is -2.09. The second kappa shape index (κ2) is 7.74. The maximum atomic E-state index is 5.72. The normalized spacial score (nSPS) is 9.70. The lowest BCUT2D eigenvalue weighted by molar-refractivity contribution is 0.366. The fraction of sp³-hybridized carbons (Fsp3) is 0.176. The summed E-state index contributed by atoms with van der Waals surface area (Å²) in [5, 5.41) is 0. The number of ether oxygens (including phenoxy) is 1. The molecule has 0 atom stereocenters. The van der Waals surface area contributed by atoms with Crippen LogP contribution in [0.3, 0.4) is 0 Å². The quantitative estimate of drug-likeness (QED) is 0.873. The van der Waals surface area contributed by atoms with E-state index in [9.17, 15) is 0 Å². The van der Waals surface area contributed by atoms with Crippen molar-refractivity contribution >= 4 is 15.9 Å². The van der Waals surface area contributed by atoms with Gasteiger partial charge in [-0.2, -0.15) is 0 Å². The van der Waals surface area contributed by atoms with Gasteiger partial charge >= 0.3 is 0 Å². The molecule has 2 nitrogen and oxygen atoms in total. The van der Waals surface area contributed by atoms with Crippen molar-refractivity contribution in [2.24, 2.45) is 5.73 Å². The Morgan fingerprint density at radius 1 is 1.10 bits per heavy atom. The van der Waals surface area contributed by atoms with Gasteiger partial charge in [0, 0.05) is 10.0 Å². The first-order valence-electron chi connectivity index (χ1n) is 6.45. The van der Waals surface area contributed by atoms with Crippen molar-refractivity contribution in [1.29, 1.82) is 0 Å². The molecule has 2 aromatic rings. The van der Waals surface area contributed by atoms with E-state index in [0.29, 0.717) is 13.2 Å². The molecule has 0 saturated carbocycles. The largest absolute Gasteiger partial charge is 0.481 e. The molecule has 0 spiro atoms. The molecule has 0 fully saturated rings. The van der Waals surface area contributed by atoms with E-state index in [1.165, 1.54) is 0 Å². The topological polar surface area (TPSA) is 35.2 Å². The molecule has 0 radical (unpaired) electrons. The van der Waals surface area contributed by atoms with Crippen LogP contribution in [0.15, 0.2) is 53.0 Å². The molecule has 0 saturated heterocycles. The Balaban J connectivity index is 1.99. The predicted octanol–water partition coefficient (Wildman–Crippen LogP) is 3.38. The second-order valence-corrected chi connectivity index (χ2v) is 5.16. The Kier molecular flexibility index (Phi) is 5.67.